The van der Waals surface area contributed by atoms with Crippen LogP contribution in [0.1, 0.15) is 16.5 Å². The minimum Gasteiger partial charge on any atom is -0.496 e. The quantitative estimate of drug-likeness (QED) is 0.705. The van der Waals surface area contributed by atoms with E-state index in [2.05, 4.69) is 26.1 Å². The molecule has 0 spiro atoms. The van der Waals surface area contributed by atoms with E-state index in [-0.39, 0.29) is 11.9 Å². The fourth-order valence-corrected chi connectivity index (χ4v) is 3.67. The Balaban J connectivity index is 2.01. The summed E-state index contributed by atoms with van der Waals surface area (Å²) in [6.45, 7) is 0.505. The van der Waals surface area contributed by atoms with Crippen molar-refractivity contribution in [2.24, 2.45) is 0 Å². The highest BCUT2D eigenvalue weighted by Crippen LogP contribution is 2.27. The first-order valence-electron chi connectivity index (χ1n) is 7.52. The second-order valence-electron chi connectivity index (χ2n) is 5.44. The standard InChI is InChI=1S/C18H21BrN2O2S/c1-21(2)15(14-6-4-5-7-16(14)23-3)12-20-18(22)11-9-13-8-10-17(19)24-13/h4-11,15H,12H2,1-3H3,(H,20,22)/b11-9+. The van der Waals surface area contributed by atoms with Gasteiger partial charge in [-0.15, -0.1) is 11.3 Å². The molecule has 1 atom stereocenters. The Morgan fingerprint density at radius 3 is 2.71 bits per heavy atom. The Labute approximate surface area is 155 Å². The summed E-state index contributed by atoms with van der Waals surface area (Å²) in [5.74, 6) is 0.714. The first kappa shape index (κ1) is 18.7. The number of thiophene rings is 1. The molecule has 0 fully saturated rings. The highest BCUT2D eigenvalue weighted by Gasteiger charge is 2.18. The lowest BCUT2D eigenvalue weighted by Gasteiger charge is -2.26. The van der Waals surface area contributed by atoms with Crippen molar-refractivity contribution in [2.45, 2.75) is 6.04 Å². The van der Waals surface area contributed by atoms with Crippen molar-refractivity contribution >= 4 is 39.2 Å². The van der Waals surface area contributed by atoms with Crippen molar-refractivity contribution < 1.29 is 9.53 Å². The highest BCUT2D eigenvalue weighted by molar-refractivity contribution is 9.11. The summed E-state index contributed by atoms with van der Waals surface area (Å²) in [5, 5.41) is 2.96. The molecule has 4 nitrogen and oxygen atoms in total. The Morgan fingerprint density at radius 1 is 1.33 bits per heavy atom. The molecule has 24 heavy (non-hydrogen) atoms. The Hall–Kier alpha value is -1.63. The number of carbonyl (C=O) groups is 1. The van der Waals surface area contributed by atoms with Gasteiger partial charge in [-0.05, 0) is 54.3 Å². The van der Waals surface area contributed by atoms with Gasteiger partial charge in [-0.25, -0.2) is 0 Å². The Kier molecular flexibility index (Phi) is 7.02. The second kappa shape index (κ2) is 9.01. The van der Waals surface area contributed by atoms with Gasteiger partial charge in [0.1, 0.15) is 5.75 Å². The smallest absolute Gasteiger partial charge is 0.244 e. The van der Waals surface area contributed by atoms with Crippen LogP contribution in [0, 0.1) is 0 Å². The van der Waals surface area contributed by atoms with E-state index in [9.17, 15) is 4.79 Å². The molecule has 1 amide bonds. The SMILES string of the molecule is COc1ccccc1C(CNC(=O)/C=C/c1ccc(Br)s1)N(C)C. The Bertz CT molecular complexity index is 713. The highest BCUT2D eigenvalue weighted by atomic mass is 79.9. The number of hydrogen-bond donors (Lipinski definition) is 1. The number of ether oxygens (including phenoxy) is 1. The zero-order valence-electron chi connectivity index (χ0n) is 14.0. The van der Waals surface area contributed by atoms with Gasteiger partial charge < -0.3 is 15.0 Å². The third kappa shape index (κ3) is 5.19. The minimum atomic E-state index is -0.110. The van der Waals surface area contributed by atoms with E-state index < -0.39 is 0 Å². The fourth-order valence-electron chi connectivity index (χ4n) is 2.34. The summed E-state index contributed by atoms with van der Waals surface area (Å²) in [5.41, 5.74) is 1.05. The van der Waals surface area contributed by atoms with Crippen molar-refractivity contribution in [1.82, 2.24) is 10.2 Å². The fraction of sp³-hybridized carbons (Fsp3) is 0.278. The number of methoxy groups -OCH3 is 1. The molecule has 1 N–H and O–H groups in total. The number of carbonyl (C=O) groups excluding carboxylic acids is 1. The summed E-state index contributed by atoms with van der Waals surface area (Å²) in [6.07, 6.45) is 3.38. The van der Waals surface area contributed by atoms with Crippen molar-refractivity contribution in [2.75, 3.05) is 27.7 Å². The summed E-state index contributed by atoms with van der Waals surface area (Å²) in [4.78, 5) is 15.2. The second-order valence-corrected chi connectivity index (χ2v) is 7.94. The van der Waals surface area contributed by atoms with Gasteiger partial charge in [0.05, 0.1) is 16.9 Å². The van der Waals surface area contributed by atoms with Crippen LogP contribution in [-0.2, 0) is 4.79 Å². The van der Waals surface area contributed by atoms with Gasteiger partial charge in [0.15, 0.2) is 0 Å². The first-order chi connectivity index (χ1) is 11.5. The molecule has 1 aromatic heterocycles. The van der Waals surface area contributed by atoms with Gasteiger partial charge >= 0.3 is 0 Å². The van der Waals surface area contributed by atoms with E-state index in [4.69, 9.17) is 4.74 Å². The van der Waals surface area contributed by atoms with Gasteiger partial charge in [-0.3, -0.25) is 4.79 Å². The van der Waals surface area contributed by atoms with Crippen molar-refractivity contribution in [3.63, 3.8) is 0 Å². The summed E-state index contributed by atoms with van der Waals surface area (Å²) >= 11 is 5.00. The molecular formula is C18H21BrN2O2S. The molecular weight excluding hydrogens is 388 g/mol. The van der Waals surface area contributed by atoms with Gasteiger partial charge in [0.25, 0.3) is 0 Å². The number of halogens is 1. The summed E-state index contributed by atoms with van der Waals surface area (Å²) in [6, 6.07) is 11.8. The van der Waals surface area contributed by atoms with Gasteiger partial charge in [0.2, 0.25) is 5.91 Å². The molecule has 128 valence electrons. The van der Waals surface area contributed by atoms with Crippen LogP contribution in [0.3, 0.4) is 0 Å². The average Bonchev–Trinajstić information content (AvgIpc) is 2.98. The molecule has 0 aliphatic heterocycles. The lowest BCUT2D eigenvalue weighted by atomic mass is 10.0. The topological polar surface area (TPSA) is 41.6 Å². The number of benzene rings is 1. The predicted octanol–water partition coefficient (Wildman–Crippen LogP) is 3.95. The van der Waals surface area contributed by atoms with Crippen LogP contribution in [0.4, 0.5) is 0 Å². The van der Waals surface area contributed by atoms with Crippen molar-refractivity contribution in [3.8, 4) is 5.75 Å². The maximum absolute atomic E-state index is 12.1. The van der Waals surface area contributed by atoms with E-state index >= 15 is 0 Å². The van der Waals surface area contributed by atoms with E-state index in [0.29, 0.717) is 6.54 Å². The first-order valence-corrected chi connectivity index (χ1v) is 9.13. The minimum absolute atomic E-state index is 0.0365. The monoisotopic (exact) mass is 408 g/mol. The van der Waals surface area contributed by atoms with Gasteiger partial charge in [0, 0.05) is 23.1 Å². The molecule has 0 saturated carbocycles. The maximum atomic E-state index is 12.1. The molecule has 1 heterocycles. The van der Waals surface area contributed by atoms with Crippen LogP contribution in [0.5, 0.6) is 5.75 Å². The molecule has 0 radical (unpaired) electrons. The molecule has 1 unspecified atom stereocenters. The van der Waals surface area contributed by atoms with Crippen LogP contribution < -0.4 is 10.1 Å². The average molecular weight is 409 g/mol. The molecule has 2 aromatic rings. The molecule has 1 aromatic carbocycles. The van der Waals surface area contributed by atoms with Crippen LogP contribution >= 0.6 is 27.3 Å². The largest absolute Gasteiger partial charge is 0.496 e. The summed E-state index contributed by atoms with van der Waals surface area (Å²) in [7, 11) is 5.64. The van der Waals surface area contributed by atoms with E-state index in [1.165, 1.54) is 0 Å². The zero-order chi connectivity index (χ0) is 17.5. The number of nitrogens with one attached hydrogen (secondary N) is 1. The molecule has 0 aliphatic carbocycles. The number of rotatable bonds is 7. The van der Waals surface area contributed by atoms with Crippen LogP contribution in [-0.4, -0.2) is 38.6 Å². The molecule has 0 saturated heterocycles. The van der Waals surface area contributed by atoms with Crippen molar-refractivity contribution in [1.29, 1.82) is 0 Å². The van der Waals surface area contributed by atoms with Crippen LogP contribution in [0.2, 0.25) is 0 Å². The number of likely N-dealkylation sites (N-methyl/N-ethyl adjacent to an activating group) is 1. The van der Waals surface area contributed by atoms with Gasteiger partial charge in [-0.2, -0.15) is 0 Å². The number of nitrogens with zero attached hydrogens (tertiary/aromatic N) is 1. The molecule has 2 rings (SSSR count). The third-order valence-electron chi connectivity index (χ3n) is 3.58. The lowest BCUT2D eigenvalue weighted by Crippen LogP contribution is -2.33. The van der Waals surface area contributed by atoms with E-state index in [1.54, 1.807) is 24.5 Å². The summed E-state index contributed by atoms with van der Waals surface area (Å²) < 4.78 is 6.48. The normalized spacial score (nSPS) is 12.5. The van der Waals surface area contributed by atoms with Crippen LogP contribution in [0.25, 0.3) is 6.08 Å². The van der Waals surface area contributed by atoms with Crippen LogP contribution in [0.15, 0.2) is 46.3 Å². The van der Waals surface area contributed by atoms with Gasteiger partial charge in [-0.1, -0.05) is 18.2 Å². The zero-order valence-corrected chi connectivity index (χ0v) is 16.4. The number of amides is 1. The third-order valence-corrected chi connectivity index (χ3v) is 5.17. The lowest BCUT2D eigenvalue weighted by molar-refractivity contribution is -0.116. The van der Waals surface area contributed by atoms with Crippen molar-refractivity contribution in [3.05, 3.63) is 56.7 Å². The maximum Gasteiger partial charge on any atom is 0.244 e. The molecule has 0 bridgehead atoms. The molecule has 6 heteroatoms. The predicted molar refractivity (Wildman–Crippen MR) is 103 cm³/mol. The van der Waals surface area contributed by atoms with E-state index in [0.717, 1.165) is 20.0 Å². The number of para-hydroxylation sites is 1. The van der Waals surface area contributed by atoms with E-state index in [1.807, 2.05) is 56.6 Å². The number of hydrogen-bond acceptors (Lipinski definition) is 4. The molecule has 0 aliphatic rings. The Morgan fingerprint density at radius 2 is 2.08 bits per heavy atom.